The van der Waals surface area contributed by atoms with Gasteiger partial charge in [0.05, 0.1) is 6.10 Å². The van der Waals surface area contributed by atoms with Crippen LogP contribution in [0.1, 0.15) is 40.5 Å². The highest BCUT2D eigenvalue weighted by atomic mass is 16.5. The van der Waals surface area contributed by atoms with Crippen LogP contribution in [0.5, 0.6) is 0 Å². The van der Waals surface area contributed by atoms with Crippen molar-refractivity contribution < 1.29 is 4.74 Å². The molecule has 0 saturated carbocycles. The first-order chi connectivity index (χ1) is 6.36. The summed E-state index contributed by atoms with van der Waals surface area (Å²) in [5.74, 6) is 0. The van der Waals surface area contributed by atoms with Gasteiger partial charge in [0, 0.05) is 13.2 Å². The quantitative estimate of drug-likeness (QED) is 0.670. The lowest BCUT2D eigenvalue weighted by Crippen LogP contribution is -2.31. The lowest BCUT2D eigenvalue weighted by Gasteiger charge is -2.21. The molecule has 0 aromatic rings. The van der Waals surface area contributed by atoms with Crippen molar-refractivity contribution in [2.75, 3.05) is 26.2 Å². The summed E-state index contributed by atoms with van der Waals surface area (Å²) < 4.78 is 5.55. The van der Waals surface area contributed by atoms with Gasteiger partial charge in [-0.1, -0.05) is 27.7 Å². The van der Waals surface area contributed by atoms with Crippen molar-refractivity contribution in [2.24, 2.45) is 0 Å². The summed E-state index contributed by atoms with van der Waals surface area (Å²) in [7, 11) is 0. The van der Waals surface area contributed by atoms with Gasteiger partial charge in [0.2, 0.25) is 0 Å². The zero-order chi connectivity index (χ0) is 10.1. The van der Waals surface area contributed by atoms with Gasteiger partial charge in [-0.3, -0.25) is 0 Å². The summed E-state index contributed by atoms with van der Waals surface area (Å²) in [5, 5.41) is 0. The predicted molar refractivity (Wildman–Crippen MR) is 58.1 cm³/mol. The Labute approximate surface area is 83.3 Å². The van der Waals surface area contributed by atoms with Gasteiger partial charge in [-0.25, -0.2) is 0 Å². The fourth-order valence-corrected chi connectivity index (χ4v) is 1.56. The summed E-state index contributed by atoms with van der Waals surface area (Å²) >= 11 is 0. The molecule has 1 heterocycles. The van der Waals surface area contributed by atoms with E-state index in [1.54, 1.807) is 0 Å². The van der Waals surface area contributed by atoms with E-state index in [2.05, 4.69) is 18.7 Å². The third-order valence-electron chi connectivity index (χ3n) is 2.38. The van der Waals surface area contributed by atoms with Crippen LogP contribution >= 0.6 is 0 Å². The Morgan fingerprint density at radius 1 is 1.23 bits per heavy atom. The van der Waals surface area contributed by atoms with Gasteiger partial charge in [-0.2, -0.15) is 0 Å². The Morgan fingerprint density at radius 2 is 1.85 bits per heavy atom. The summed E-state index contributed by atoms with van der Waals surface area (Å²) in [4.78, 5) is 2.43. The van der Waals surface area contributed by atoms with E-state index in [4.69, 9.17) is 4.74 Å². The first-order valence-electron chi connectivity index (χ1n) is 5.70. The molecule has 0 N–H and O–H groups in total. The molecule has 0 amide bonds. The summed E-state index contributed by atoms with van der Waals surface area (Å²) in [6.45, 7) is 12.8. The first-order valence-corrected chi connectivity index (χ1v) is 5.70. The van der Waals surface area contributed by atoms with E-state index in [-0.39, 0.29) is 0 Å². The number of hydrogen-bond donors (Lipinski definition) is 0. The maximum atomic E-state index is 5.55. The second-order valence-corrected chi connectivity index (χ2v) is 3.12. The maximum Gasteiger partial charge on any atom is 0.0702 e. The van der Waals surface area contributed by atoms with Crippen LogP contribution in [0.3, 0.4) is 0 Å². The largest absolute Gasteiger partial charge is 0.377 e. The average molecular weight is 187 g/mol. The molecule has 2 heteroatoms. The highest BCUT2D eigenvalue weighted by molar-refractivity contribution is 4.68. The van der Waals surface area contributed by atoms with Crippen LogP contribution in [0.25, 0.3) is 0 Å². The molecule has 13 heavy (non-hydrogen) atoms. The van der Waals surface area contributed by atoms with Crippen LogP contribution in [0.2, 0.25) is 0 Å². The van der Waals surface area contributed by atoms with Crippen LogP contribution in [0.15, 0.2) is 0 Å². The zero-order valence-electron chi connectivity index (χ0n) is 9.68. The van der Waals surface area contributed by atoms with Crippen LogP contribution in [0.4, 0.5) is 0 Å². The van der Waals surface area contributed by atoms with E-state index in [0.717, 1.165) is 26.2 Å². The minimum Gasteiger partial charge on any atom is -0.377 e. The van der Waals surface area contributed by atoms with Crippen molar-refractivity contribution in [2.45, 2.75) is 46.6 Å². The van der Waals surface area contributed by atoms with E-state index in [1.165, 1.54) is 12.8 Å². The summed E-state index contributed by atoms with van der Waals surface area (Å²) in [6.07, 6.45) is 3.04. The van der Waals surface area contributed by atoms with Gasteiger partial charge in [-0.15, -0.1) is 0 Å². The molecule has 0 bridgehead atoms. The van der Waals surface area contributed by atoms with Crippen molar-refractivity contribution in [3.05, 3.63) is 0 Å². The van der Waals surface area contributed by atoms with Crippen molar-refractivity contribution in [3.8, 4) is 0 Å². The predicted octanol–water partition coefficient (Wildman–Crippen LogP) is 2.53. The van der Waals surface area contributed by atoms with Gasteiger partial charge < -0.3 is 9.64 Å². The van der Waals surface area contributed by atoms with E-state index >= 15 is 0 Å². The van der Waals surface area contributed by atoms with Gasteiger partial charge in [-0.05, 0) is 25.9 Å². The minimum absolute atomic E-state index is 0.523. The highest BCUT2D eigenvalue weighted by Gasteiger charge is 2.17. The number of rotatable bonds is 4. The molecule has 1 rings (SSSR count). The first kappa shape index (κ1) is 12.9. The van der Waals surface area contributed by atoms with Gasteiger partial charge in [0.15, 0.2) is 0 Å². The summed E-state index contributed by atoms with van der Waals surface area (Å²) in [5.41, 5.74) is 0. The van der Waals surface area contributed by atoms with Gasteiger partial charge in [0.25, 0.3) is 0 Å². The molecule has 0 aromatic carbocycles. The highest BCUT2D eigenvalue weighted by Crippen LogP contribution is 2.12. The third-order valence-corrected chi connectivity index (χ3v) is 2.38. The van der Waals surface area contributed by atoms with Crippen molar-refractivity contribution in [3.63, 3.8) is 0 Å². The molecule has 1 unspecified atom stereocenters. The zero-order valence-corrected chi connectivity index (χ0v) is 9.68. The van der Waals surface area contributed by atoms with E-state index in [9.17, 15) is 0 Å². The fourth-order valence-electron chi connectivity index (χ4n) is 1.56. The van der Waals surface area contributed by atoms with Crippen LogP contribution < -0.4 is 0 Å². The van der Waals surface area contributed by atoms with Crippen LogP contribution in [-0.2, 0) is 4.74 Å². The molecule has 1 aliphatic heterocycles. The molecule has 80 valence electrons. The smallest absolute Gasteiger partial charge is 0.0702 e. The number of nitrogens with zero attached hydrogens (tertiary/aromatic N) is 1. The second-order valence-electron chi connectivity index (χ2n) is 3.12. The minimum atomic E-state index is 0.523. The molecule has 1 saturated heterocycles. The van der Waals surface area contributed by atoms with Gasteiger partial charge in [0.1, 0.15) is 0 Å². The molecular formula is C11H25NO. The Bertz CT molecular complexity index is 96.3. The average Bonchev–Trinajstić information content (AvgIpc) is 2.70. The Kier molecular flexibility index (Phi) is 8.46. The number of ether oxygens (including phenoxy) is 1. The number of likely N-dealkylation sites (N-methyl/N-ethyl adjacent to an activating group) is 1. The topological polar surface area (TPSA) is 12.5 Å². The standard InChI is InChI=1S/C9H19NO.C2H6/c1-3-10(4-2)8-9-6-5-7-11-9;1-2/h9H,3-8H2,1-2H3;1-2H3. The molecular weight excluding hydrogens is 162 g/mol. The molecule has 0 aliphatic carbocycles. The van der Waals surface area contributed by atoms with Crippen LogP contribution in [-0.4, -0.2) is 37.2 Å². The lowest BCUT2D eigenvalue weighted by molar-refractivity contribution is 0.0766. The summed E-state index contributed by atoms with van der Waals surface area (Å²) in [6, 6.07) is 0. The fraction of sp³-hybridized carbons (Fsp3) is 1.00. The van der Waals surface area contributed by atoms with E-state index in [0.29, 0.717) is 6.10 Å². The molecule has 1 atom stereocenters. The molecule has 1 fully saturated rings. The van der Waals surface area contributed by atoms with Gasteiger partial charge >= 0.3 is 0 Å². The van der Waals surface area contributed by atoms with Crippen molar-refractivity contribution in [1.29, 1.82) is 0 Å². The lowest BCUT2D eigenvalue weighted by atomic mass is 10.2. The van der Waals surface area contributed by atoms with Crippen molar-refractivity contribution >= 4 is 0 Å². The Morgan fingerprint density at radius 3 is 2.23 bits per heavy atom. The monoisotopic (exact) mass is 187 g/mol. The molecule has 1 aliphatic rings. The van der Waals surface area contributed by atoms with Crippen molar-refractivity contribution in [1.82, 2.24) is 4.90 Å². The molecule has 2 nitrogen and oxygen atoms in total. The molecule has 0 aromatic heterocycles. The Balaban J connectivity index is 0.000000671. The third kappa shape index (κ3) is 5.27. The SMILES string of the molecule is CC.CCN(CC)CC1CCCO1. The number of hydrogen-bond acceptors (Lipinski definition) is 2. The second kappa shape index (κ2) is 8.52. The normalized spacial score (nSPS) is 21.5. The Hall–Kier alpha value is -0.0800. The molecule has 0 radical (unpaired) electrons. The van der Waals surface area contributed by atoms with E-state index < -0.39 is 0 Å². The van der Waals surface area contributed by atoms with E-state index in [1.807, 2.05) is 13.8 Å². The maximum absolute atomic E-state index is 5.55. The molecule has 0 spiro atoms. The van der Waals surface area contributed by atoms with Crippen LogP contribution in [0, 0.1) is 0 Å².